The van der Waals surface area contributed by atoms with Crippen LogP contribution < -0.4 is 5.32 Å². The molecule has 0 atom stereocenters. The molecule has 0 unspecified atom stereocenters. The fraction of sp³-hybridized carbons (Fsp3) is 0.435. The third kappa shape index (κ3) is 3.41. The van der Waals surface area contributed by atoms with Gasteiger partial charge in [-0.25, -0.2) is 0 Å². The highest BCUT2D eigenvalue weighted by molar-refractivity contribution is 5.50. The number of nitrogens with zero attached hydrogens (tertiary/aromatic N) is 4. The molecule has 1 saturated carbocycles. The first-order valence-electron chi connectivity index (χ1n) is 10.2. The van der Waals surface area contributed by atoms with Crippen molar-refractivity contribution < 1.29 is 0 Å². The van der Waals surface area contributed by atoms with Crippen molar-refractivity contribution in [2.45, 2.75) is 58.9 Å². The Kier molecular flexibility index (Phi) is 4.92. The van der Waals surface area contributed by atoms with Crippen LogP contribution in [0.1, 0.15) is 55.1 Å². The highest BCUT2D eigenvalue weighted by Crippen LogP contribution is 2.41. The van der Waals surface area contributed by atoms with Crippen LogP contribution in [0.2, 0.25) is 0 Å². The summed E-state index contributed by atoms with van der Waals surface area (Å²) >= 11 is 0. The number of anilines is 1. The number of aryl methyl sites for hydroxylation is 2. The lowest BCUT2D eigenvalue weighted by molar-refractivity contribution is 0.255. The molecule has 1 fully saturated rings. The van der Waals surface area contributed by atoms with Crippen molar-refractivity contribution in [3.8, 4) is 5.69 Å². The minimum absolute atomic E-state index is 0.262. The molecule has 1 aliphatic carbocycles. The summed E-state index contributed by atoms with van der Waals surface area (Å²) in [4.78, 5) is 0. The molecule has 5 heteroatoms. The van der Waals surface area contributed by atoms with Gasteiger partial charge in [0, 0.05) is 5.69 Å². The smallest absolute Gasteiger partial charge is 0.181 e. The van der Waals surface area contributed by atoms with Crippen molar-refractivity contribution in [1.82, 2.24) is 20.2 Å². The molecular formula is C23H29N5. The summed E-state index contributed by atoms with van der Waals surface area (Å²) < 4.78 is 1.94. The molecule has 1 N–H and O–H groups in total. The van der Waals surface area contributed by atoms with E-state index in [0.717, 1.165) is 36.0 Å². The van der Waals surface area contributed by atoms with Crippen LogP contribution in [-0.2, 0) is 5.54 Å². The van der Waals surface area contributed by atoms with Gasteiger partial charge in [-0.3, -0.25) is 0 Å². The second-order valence-electron chi connectivity index (χ2n) is 8.39. The highest BCUT2D eigenvalue weighted by atomic mass is 15.6. The molecule has 1 heterocycles. The summed E-state index contributed by atoms with van der Waals surface area (Å²) in [6, 6.07) is 14.9. The fourth-order valence-electron chi connectivity index (χ4n) is 4.19. The van der Waals surface area contributed by atoms with Gasteiger partial charge in [0.2, 0.25) is 0 Å². The quantitative estimate of drug-likeness (QED) is 0.689. The standard InChI is InChI=1S/C23H29N5/c1-16-8-10-20(11-9-16)24-23(14-12-17(2)13-15-23)22-25-26-27-28(22)21-7-5-6-18(3)19(21)4/h5-11,17,24H,12-15H2,1-4H3. The molecule has 0 bridgehead atoms. The molecule has 0 amide bonds. The molecule has 1 aliphatic rings. The second kappa shape index (κ2) is 7.38. The van der Waals surface area contributed by atoms with E-state index in [2.05, 4.69) is 91.0 Å². The summed E-state index contributed by atoms with van der Waals surface area (Å²) in [5, 5.41) is 16.8. The SMILES string of the molecule is Cc1ccc(NC2(c3nnnn3-c3cccc(C)c3C)CCC(C)CC2)cc1. The van der Waals surface area contributed by atoms with Crippen LogP contribution in [0.3, 0.4) is 0 Å². The molecule has 4 rings (SSSR count). The molecule has 3 aromatic rings. The fourth-order valence-corrected chi connectivity index (χ4v) is 4.19. The van der Waals surface area contributed by atoms with Crippen LogP contribution >= 0.6 is 0 Å². The zero-order chi connectivity index (χ0) is 19.7. The average Bonchev–Trinajstić information content (AvgIpc) is 3.18. The van der Waals surface area contributed by atoms with E-state index in [1.54, 1.807) is 0 Å². The number of rotatable bonds is 4. The van der Waals surface area contributed by atoms with Gasteiger partial charge in [0.1, 0.15) is 0 Å². The Balaban J connectivity index is 1.79. The molecule has 0 aliphatic heterocycles. The average molecular weight is 376 g/mol. The van der Waals surface area contributed by atoms with Crippen LogP contribution in [0.5, 0.6) is 0 Å². The lowest BCUT2D eigenvalue weighted by atomic mass is 9.76. The molecule has 146 valence electrons. The third-order valence-corrected chi connectivity index (χ3v) is 6.26. The molecule has 2 aromatic carbocycles. The molecule has 5 nitrogen and oxygen atoms in total. The Labute approximate surface area is 167 Å². The van der Waals surface area contributed by atoms with Gasteiger partial charge in [-0.05, 0) is 92.1 Å². The van der Waals surface area contributed by atoms with Crippen LogP contribution in [0.4, 0.5) is 5.69 Å². The van der Waals surface area contributed by atoms with E-state index in [9.17, 15) is 0 Å². The maximum Gasteiger partial charge on any atom is 0.181 e. The van der Waals surface area contributed by atoms with Crippen molar-refractivity contribution in [2.24, 2.45) is 5.92 Å². The normalized spacial score (nSPS) is 22.2. The van der Waals surface area contributed by atoms with Gasteiger partial charge in [-0.1, -0.05) is 36.8 Å². The minimum atomic E-state index is -0.262. The summed E-state index contributed by atoms with van der Waals surface area (Å²) in [7, 11) is 0. The maximum absolute atomic E-state index is 4.54. The second-order valence-corrected chi connectivity index (χ2v) is 8.39. The van der Waals surface area contributed by atoms with Gasteiger partial charge in [0.25, 0.3) is 0 Å². The predicted molar refractivity (Wildman–Crippen MR) is 113 cm³/mol. The van der Waals surface area contributed by atoms with Crippen LogP contribution in [0, 0.1) is 26.7 Å². The van der Waals surface area contributed by atoms with E-state index in [-0.39, 0.29) is 5.54 Å². The summed E-state index contributed by atoms with van der Waals surface area (Å²) in [6.45, 7) is 8.72. The van der Waals surface area contributed by atoms with E-state index >= 15 is 0 Å². The van der Waals surface area contributed by atoms with E-state index in [1.807, 2.05) is 4.68 Å². The number of nitrogens with one attached hydrogen (secondary N) is 1. The number of hydrogen-bond donors (Lipinski definition) is 1. The number of tetrazole rings is 1. The van der Waals surface area contributed by atoms with Crippen molar-refractivity contribution in [3.63, 3.8) is 0 Å². The molecule has 0 spiro atoms. The van der Waals surface area contributed by atoms with Gasteiger partial charge < -0.3 is 5.32 Å². The first-order chi connectivity index (χ1) is 13.5. The topological polar surface area (TPSA) is 55.6 Å². The lowest BCUT2D eigenvalue weighted by Gasteiger charge is -2.39. The van der Waals surface area contributed by atoms with Gasteiger partial charge in [0.15, 0.2) is 5.82 Å². The maximum atomic E-state index is 4.54. The molecular weight excluding hydrogens is 346 g/mol. The number of hydrogen-bond acceptors (Lipinski definition) is 4. The molecule has 0 saturated heterocycles. The van der Waals surface area contributed by atoms with Gasteiger partial charge in [-0.2, -0.15) is 4.68 Å². The number of aromatic nitrogens is 4. The zero-order valence-corrected chi connectivity index (χ0v) is 17.2. The zero-order valence-electron chi connectivity index (χ0n) is 17.2. The minimum Gasteiger partial charge on any atom is -0.373 e. The van der Waals surface area contributed by atoms with Gasteiger partial charge in [-0.15, -0.1) is 5.10 Å². The van der Waals surface area contributed by atoms with E-state index in [1.165, 1.54) is 29.5 Å². The lowest BCUT2D eigenvalue weighted by Crippen LogP contribution is -2.41. The van der Waals surface area contributed by atoms with E-state index in [0.29, 0.717) is 0 Å². The van der Waals surface area contributed by atoms with Gasteiger partial charge in [0.05, 0.1) is 11.2 Å². The first-order valence-corrected chi connectivity index (χ1v) is 10.2. The monoisotopic (exact) mass is 375 g/mol. The van der Waals surface area contributed by atoms with Crippen molar-refractivity contribution >= 4 is 5.69 Å². The molecule has 1 aromatic heterocycles. The summed E-state index contributed by atoms with van der Waals surface area (Å²) in [5.41, 5.74) is 5.64. The predicted octanol–water partition coefficient (Wildman–Crippen LogP) is 5.11. The van der Waals surface area contributed by atoms with Crippen molar-refractivity contribution in [3.05, 3.63) is 65.0 Å². The van der Waals surface area contributed by atoms with Gasteiger partial charge >= 0.3 is 0 Å². The summed E-state index contributed by atoms with van der Waals surface area (Å²) in [6.07, 6.45) is 4.37. The van der Waals surface area contributed by atoms with Crippen LogP contribution in [-0.4, -0.2) is 20.2 Å². The molecule has 0 radical (unpaired) electrons. The third-order valence-electron chi connectivity index (χ3n) is 6.26. The Morgan fingerprint density at radius 2 is 1.71 bits per heavy atom. The Hall–Kier alpha value is -2.69. The Morgan fingerprint density at radius 3 is 2.43 bits per heavy atom. The Bertz CT molecular complexity index is 949. The van der Waals surface area contributed by atoms with E-state index in [4.69, 9.17) is 0 Å². The van der Waals surface area contributed by atoms with Crippen molar-refractivity contribution in [1.29, 1.82) is 0 Å². The van der Waals surface area contributed by atoms with E-state index < -0.39 is 0 Å². The van der Waals surface area contributed by atoms with Crippen LogP contribution in [0.15, 0.2) is 42.5 Å². The molecule has 28 heavy (non-hydrogen) atoms. The Morgan fingerprint density at radius 1 is 1.00 bits per heavy atom. The summed E-state index contributed by atoms with van der Waals surface area (Å²) in [5.74, 6) is 1.65. The number of benzene rings is 2. The highest BCUT2D eigenvalue weighted by Gasteiger charge is 2.41. The first kappa shape index (κ1) is 18.7. The largest absolute Gasteiger partial charge is 0.373 e. The van der Waals surface area contributed by atoms with Crippen molar-refractivity contribution in [2.75, 3.05) is 5.32 Å². The van der Waals surface area contributed by atoms with Crippen LogP contribution in [0.25, 0.3) is 5.69 Å².